The summed E-state index contributed by atoms with van der Waals surface area (Å²) in [5.74, 6) is -1.36. The van der Waals surface area contributed by atoms with E-state index in [-0.39, 0.29) is 45.0 Å². The Bertz CT molecular complexity index is 1520. The maximum atomic E-state index is 13.2. The molecule has 1 aliphatic rings. The summed E-state index contributed by atoms with van der Waals surface area (Å²) in [4.78, 5) is 29.9. The van der Waals surface area contributed by atoms with Crippen molar-refractivity contribution >= 4 is 62.1 Å². The van der Waals surface area contributed by atoms with Crippen LogP contribution in [0.1, 0.15) is 33.7 Å². The maximum Gasteiger partial charge on any atom is 0.297 e. The summed E-state index contributed by atoms with van der Waals surface area (Å²) in [6.45, 7) is 3.65. The van der Waals surface area contributed by atoms with Crippen LogP contribution in [0, 0.1) is 0 Å². The lowest BCUT2D eigenvalue weighted by molar-refractivity contribution is 0.0998. The van der Waals surface area contributed by atoms with Crippen molar-refractivity contribution in [1.29, 1.82) is 0 Å². The Morgan fingerprint density at radius 3 is 2.54 bits per heavy atom. The number of H-pyrrole nitrogens is 1. The van der Waals surface area contributed by atoms with Crippen molar-refractivity contribution in [2.45, 2.75) is 24.0 Å². The number of aliphatic hydroxyl groups excluding tert-OH is 1. The van der Waals surface area contributed by atoms with Crippen LogP contribution in [-0.4, -0.2) is 64.9 Å². The molecular formula is C25H24Cl2N6O5S. The van der Waals surface area contributed by atoms with Crippen molar-refractivity contribution in [3.8, 4) is 0 Å². The molecule has 1 atom stereocenters. The highest BCUT2D eigenvalue weighted by Gasteiger charge is 2.29. The number of benzene rings is 2. The van der Waals surface area contributed by atoms with E-state index in [2.05, 4.69) is 32.4 Å². The van der Waals surface area contributed by atoms with Gasteiger partial charge in [0.25, 0.3) is 11.8 Å². The molecule has 0 saturated carbocycles. The monoisotopic (exact) mass is 590 g/mol. The minimum atomic E-state index is -3.87. The molecule has 3 aromatic rings. The number of rotatable bonds is 8. The Morgan fingerprint density at radius 1 is 1.18 bits per heavy atom. The summed E-state index contributed by atoms with van der Waals surface area (Å²) in [7, 11) is -3.87. The van der Waals surface area contributed by atoms with E-state index in [1.165, 1.54) is 53.0 Å². The van der Waals surface area contributed by atoms with E-state index in [9.17, 15) is 23.1 Å². The van der Waals surface area contributed by atoms with Gasteiger partial charge in [-0.25, -0.2) is 13.4 Å². The van der Waals surface area contributed by atoms with Crippen molar-refractivity contribution < 1.29 is 23.1 Å². The second kappa shape index (κ2) is 12.1. The number of hydrogen-bond donors (Lipinski definition) is 4. The molecule has 1 aromatic heterocycles. The number of piperidine rings is 1. The van der Waals surface area contributed by atoms with Gasteiger partial charge in [0.2, 0.25) is 10.0 Å². The van der Waals surface area contributed by atoms with E-state index in [4.69, 9.17) is 23.2 Å². The predicted octanol–water partition coefficient (Wildman–Crippen LogP) is 3.95. The van der Waals surface area contributed by atoms with Crippen molar-refractivity contribution in [1.82, 2.24) is 14.5 Å². The summed E-state index contributed by atoms with van der Waals surface area (Å²) in [5.41, 5.74) is 0.917. The number of carbonyl (C=O) groups is 2. The zero-order chi connectivity index (χ0) is 28.2. The Labute approximate surface area is 234 Å². The third-order valence-electron chi connectivity index (χ3n) is 5.81. The van der Waals surface area contributed by atoms with Gasteiger partial charge >= 0.3 is 0 Å². The molecule has 4 rings (SSSR count). The Morgan fingerprint density at radius 2 is 1.87 bits per heavy atom. The summed E-state index contributed by atoms with van der Waals surface area (Å²) in [5, 5.41) is 21.5. The van der Waals surface area contributed by atoms with Gasteiger partial charge in [-0.2, -0.15) is 9.40 Å². The topological polar surface area (TPSA) is 157 Å². The lowest BCUT2D eigenvalue weighted by Gasteiger charge is -2.27. The van der Waals surface area contributed by atoms with E-state index in [1.807, 2.05) is 0 Å². The summed E-state index contributed by atoms with van der Waals surface area (Å²) in [6.07, 6.45) is 2.47. The molecule has 2 amide bonds. The van der Waals surface area contributed by atoms with Crippen molar-refractivity contribution in [3.05, 3.63) is 82.6 Å². The maximum absolute atomic E-state index is 13.2. The van der Waals surface area contributed by atoms with Gasteiger partial charge in [-0.15, -0.1) is 0 Å². The largest absolute Gasteiger partial charge is 0.370 e. The number of amides is 2. The number of halogens is 2. The fraction of sp³-hybridized carbons (Fsp3) is 0.200. The second-order valence-electron chi connectivity index (χ2n) is 8.48. The van der Waals surface area contributed by atoms with Gasteiger partial charge in [0.1, 0.15) is 11.9 Å². The van der Waals surface area contributed by atoms with Crippen LogP contribution in [-0.2, 0) is 10.0 Å². The number of anilines is 2. The first-order chi connectivity index (χ1) is 18.6. The first-order valence-corrected chi connectivity index (χ1v) is 13.9. The molecule has 2 aromatic carbocycles. The number of aliphatic hydroxyl groups is 1. The van der Waals surface area contributed by atoms with E-state index in [0.29, 0.717) is 24.2 Å². The first kappa shape index (κ1) is 28.5. The molecule has 0 spiro atoms. The molecule has 1 saturated heterocycles. The Balaban J connectivity index is 1.48. The summed E-state index contributed by atoms with van der Waals surface area (Å²) < 4.78 is 27.7. The molecule has 0 bridgehead atoms. The molecule has 4 N–H and O–H groups in total. The molecule has 204 valence electrons. The minimum Gasteiger partial charge on any atom is -0.370 e. The molecule has 39 heavy (non-hydrogen) atoms. The average Bonchev–Trinajstić information content (AvgIpc) is 3.37. The molecule has 1 aliphatic heterocycles. The van der Waals surface area contributed by atoms with Gasteiger partial charge in [0.05, 0.1) is 38.9 Å². The minimum absolute atomic E-state index is 0.0422. The van der Waals surface area contributed by atoms with Crippen LogP contribution in [0.25, 0.3) is 0 Å². The van der Waals surface area contributed by atoms with Crippen LogP contribution >= 0.6 is 23.2 Å². The van der Waals surface area contributed by atoms with Crippen LogP contribution in [0.4, 0.5) is 11.4 Å². The highest BCUT2D eigenvalue weighted by atomic mass is 35.5. The van der Waals surface area contributed by atoms with Crippen LogP contribution in [0.2, 0.25) is 10.0 Å². The smallest absolute Gasteiger partial charge is 0.297 e. The molecule has 1 fully saturated rings. The number of aromatic nitrogens is 2. The standard InChI is InChI=1S/C25H24Cl2N6O5S/c1-2-21(34)29-15-8-10-17(11-9-15)39(37,38)33-12-4-5-16(14-33)30-25(36)23-20(13-28-32-23)31-24(35)22-18(26)6-3-7-19(22)27/h2-3,6-11,13,21,29,34H,1,4-5,12,14H2,(H,28,32)(H,31,35). The van der Waals surface area contributed by atoms with Gasteiger partial charge in [0, 0.05) is 17.9 Å². The summed E-state index contributed by atoms with van der Waals surface area (Å²) in [6, 6.07) is 10.5. The van der Waals surface area contributed by atoms with Crippen molar-refractivity contribution in [2.75, 3.05) is 23.7 Å². The molecule has 0 radical (unpaired) electrons. The Hall–Kier alpha value is -3.55. The van der Waals surface area contributed by atoms with Crippen molar-refractivity contribution in [3.63, 3.8) is 0 Å². The fourth-order valence-corrected chi connectivity index (χ4v) is 5.90. The van der Waals surface area contributed by atoms with E-state index >= 15 is 0 Å². The van der Waals surface area contributed by atoms with Gasteiger partial charge in [-0.05, 0) is 55.3 Å². The molecule has 1 unspecified atom stereocenters. The highest BCUT2D eigenvalue weighted by molar-refractivity contribution is 7.89. The molecule has 2 heterocycles. The van der Waals surface area contributed by atoms with Gasteiger partial charge in [-0.1, -0.05) is 35.8 Å². The quantitative estimate of drug-likeness (QED) is 0.228. The van der Waals surface area contributed by atoms with E-state index in [0.717, 1.165) is 0 Å². The SMILES string of the molecule is C=CC(O)Nc1ccc(S(=O)(=O)N2CCCC(=NC(=O)c3[nH]ncc3NC(=O)c3c(Cl)cccc3Cl)C2)cc1. The van der Waals surface area contributed by atoms with Crippen LogP contribution in [0.5, 0.6) is 0 Å². The van der Waals surface area contributed by atoms with Crippen LogP contribution in [0.3, 0.4) is 0 Å². The number of nitrogens with one attached hydrogen (secondary N) is 3. The number of sulfonamides is 1. The van der Waals surface area contributed by atoms with Crippen LogP contribution in [0.15, 0.2) is 71.2 Å². The predicted molar refractivity (Wildman–Crippen MR) is 149 cm³/mol. The van der Waals surface area contributed by atoms with E-state index < -0.39 is 28.1 Å². The molecular weight excluding hydrogens is 567 g/mol. The number of nitrogens with zero attached hydrogens (tertiary/aromatic N) is 3. The molecule has 14 heteroatoms. The van der Waals surface area contributed by atoms with E-state index in [1.54, 1.807) is 6.07 Å². The Kier molecular flexibility index (Phi) is 8.83. The summed E-state index contributed by atoms with van der Waals surface area (Å²) >= 11 is 12.2. The number of aliphatic imine (C=N–C) groups is 1. The molecule has 0 aliphatic carbocycles. The third kappa shape index (κ3) is 6.54. The zero-order valence-electron chi connectivity index (χ0n) is 20.4. The third-order valence-corrected chi connectivity index (χ3v) is 8.30. The number of carbonyl (C=O) groups excluding carboxylic acids is 2. The number of aromatic amines is 1. The van der Waals surface area contributed by atoms with Crippen molar-refractivity contribution in [2.24, 2.45) is 4.99 Å². The number of hydrogen-bond acceptors (Lipinski definition) is 7. The lowest BCUT2D eigenvalue weighted by atomic mass is 10.1. The zero-order valence-corrected chi connectivity index (χ0v) is 22.7. The first-order valence-electron chi connectivity index (χ1n) is 11.7. The highest BCUT2D eigenvalue weighted by Crippen LogP contribution is 2.26. The van der Waals surface area contributed by atoms with Crippen LogP contribution < -0.4 is 10.6 Å². The normalized spacial score (nSPS) is 16.0. The fourth-order valence-electron chi connectivity index (χ4n) is 3.86. The van der Waals surface area contributed by atoms with Gasteiger partial charge in [-0.3, -0.25) is 14.7 Å². The van der Waals surface area contributed by atoms with Gasteiger partial charge in [0.15, 0.2) is 0 Å². The second-order valence-corrected chi connectivity index (χ2v) is 11.2. The molecule has 11 nitrogen and oxygen atoms in total. The van der Waals surface area contributed by atoms with Gasteiger partial charge < -0.3 is 15.7 Å². The average molecular weight is 591 g/mol. The lowest BCUT2D eigenvalue weighted by Crippen LogP contribution is -2.40.